The van der Waals surface area contributed by atoms with Crippen LogP contribution in [-0.2, 0) is 4.79 Å². The zero-order valence-corrected chi connectivity index (χ0v) is 17.7. The Labute approximate surface area is 186 Å². The second kappa shape index (κ2) is 8.69. The lowest BCUT2D eigenvalue weighted by atomic mass is 9.89. The number of nitrogens with zero attached hydrogens (tertiary/aromatic N) is 4. The Morgan fingerprint density at radius 3 is 2.66 bits per heavy atom. The Morgan fingerprint density at radius 1 is 1.12 bits per heavy atom. The number of nitrogens with one attached hydrogen (secondary N) is 2. The zero-order chi connectivity index (χ0) is 21.9. The van der Waals surface area contributed by atoms with Gasteiger partial charge in [-0.2, -0.15) is 10.4 Å². The Bertz CT molecular complexity index is 1270. The van der Waals surface area contributed by atoms with Crippen molar-refractivity contribution in [1.29, 1.82) is 5.26 Å². The summed E-state index contributed by atoms with van der Waals surface area (Å²) in [5.41, 5.74) is 3.69. The molecule has 1 saturated heterocycles. The number of rotatable bonds is 5. The second-order valence-corrected chi connectivity index (χ2v) is 8.15. The van der Waals surface area contributed by atoms with E-state index in [9.17, 15) is 10.1 Å². The average molecular weight is 425 g/mol. The van der Waals surface area contributed by atoms with Gasteiger partial charge in [-0.3, -0.25) is 9.69 Å². The van der Waals surface area contributed by atoms with Gasteiger partial charge in [-0.05, 0) is 55.6 Å². The number of amides is 1. The third kappa shape index (κ3) is 3.88. The van der Waals surface area contributed by atoms with Crippen LogP contribution in [0.2, 0.25) is 0 Å². The van der Waals surface area contributed by atoms with E-state index in [0.717, 1.165) is 31.6 Å². The van der Waals surface area contributed by atoms with Crippen molar-refractivity contribution in [3.05, 3.63) is 78.1 Å². The molecule has 2 N–H and O–H groups in total. The molecule has 2 aromatic heterocycles. The fraction of sp³-hybridized carbons (Fsp3) is 0.240. The third-order valence-corrected chi connectivity index (χ3v) is 6.16. The summed E-state index contributed by atoms with van der Waals surface area (Å²) in [5, 5.41) is 17.9. The van der Waals surface area contributed by atoms with Gasteiger partial charge in [0.2, 0.25) is 5.91 Å². The molecule has 32 heavy (non-hydrogen) atoms. The van der Waals surface area contributed by atoms with E-state index in [2.05, 4.69) is 50.8 Å². The summed E-state index contributed by atoms with van der Waals surface area (Å²) in [5.74, 6) is 0.775. The van der Waals surface area contributed by atoms with Gasteiger partial charge in [-0.1, -0.05) is 36.4 Å². The van der Waals surface area contributed by atoms with Crippen LogP contribution >= 0.6 is 0 Å². The number of carbonyl (C=O) groups excluding carboxylic acids is 1. The van der Waals surface area contributed by atoms with Crippen LogP contribution in [0, 0.1) is 11.3 Å². The fourth-order valence-electron chi connectivity index (χ4n) is 4.52. The molecule has 0 radical (unpaired) electrons. The summed E-state index contributed by atoms with van der Waals surface area (Å²) in [7, 11) is 0. The molecule has 3 heterocycles. The number of hydrogen-bond acceptors (Lipinski definition) is 4. The van der Waals surface area contributed by atoms with E-state index >= 15 is 0 Å². The maximum absolute atomic E-state index is 12.8. The van der Waals surface area contributed by atoms with Crippen LogP contribution in [0.25, 0.3) is 16.6 Å². The molecule has 4 aromatic rings. The highest BCUT2D eigenvalue weighted by Crippen LogP contribution is 2.33. The molecule has 1 aliphatic heterocycles. The van der Waals surface area contributed by atoms with Crippen molar-refractivity contribution in [2.24, 2.45) is 0 Å². The van der Waals surface area contributed by atoms with Gasteiger partial charge in [0.05, 0.1) is 18.4 Å². The summed E-state index contributed by atoms with van der Waals surface area (Å²) < 4.78 is 1.60. The third-order valence-electron chi connectivity index (χ3n) is 6.16. The molecule has 7 nitrogen and oxygen atoms in total. The van der Waals surface area contributed by atoms with Crippen LogP contribution < -0.4 is 5.32 Å². The number of hydrogen-bond donors (Lipinski definition) is 2. The number of aromatic nitrogens is 3. The van der Waals surface area contributed by atoms with Gasteiger partial charge >= 0.3 is 0 Å². The van der Waals surface area contributed by atoms with E-state index in [4.69, 9.17) is 0 Å². The normalized spacial score (nSPS) is 15.0. The Balaban J connectivity index is 1.23. The lowest BCUT2D eigenvalue weighted by Gasteiger charge is -2.31. The van der Waals surface area contributed by atoms with Gasteiger partial charge in [0, 0.05) is 17.1 Å². The zero-order valence-electron chi connectivity index (χ0n) is 17.7. The molecule has 0 atom stereocenters. The molecular weight excluding hydrogens is 400 g/mol. The molecule has 0 bridgehead atoms. The first-order valence-electron chi connectivity index (χ1n) is 10.8. The first kappa shape index (κ1) is 20.0. The molecule has 0 unspecified atom stereocenters. The number of nitriles is 1. The predicted octanol–water partition coefficient (Wildman–Crippen LogP) is 4.04. The molecular formula is C25H24N6O. The van der Waals surface area contributed by atoms with Gasteiger partial charge in [-0.25, -0.2) is 4.68 Å². The number of likely N-dealkylation sites (tertiary alicyclic amines) is 1. The fourth-order valence-corrected chi connectivity index (χ4v) is 4.52. The molecule has 1 aliphatic rings. The number of para-hydroxylation sites is 2. The highest BCUT2D eigenvalue weighted by Gasteiger charge is 2.24. The van der Waals surface area contributed by atoms with E-state index in [1.807, 2.05) is 36.4 Å². The molecule has 2 aromatic carbocycles. The number of carbonyl (C=O) groups is 1. The number of aromatic amines is 1. The lowest BCUT2D eigenvalue weighted by molar-refractivity contribution is -0.117. The first-order chi connectivity index (χ1) is 15.7. The second-order valence-electron chi connectivity index (χ2n) is 8.15. The predicted molar refractivity (Wildman–Crippen MR) is 124 cm³/mol. The molecule has 7 heteroatoms. The number of fused-ring (bicyclic) bond motifs is 1. The summed E-state index contributed by atoms with van der Waals surface area (Å²) in [6.45, 7) is 2.02. The van der Waals surface area contributed by atoms with E-state index in [1.165, 1.54) is 22.7 Å². The minimum atomic E-state index is -0.135. The highest BCUT2D eigenvalue weighted by atomic mass is 16.2. The topological polar surface area (TPSA) is 89.7 Å². The number of piperidine rings is 1. The average Bonchev–Trinajstić information content (AvgIpc) is 3.44. The van der Waals surface area contributed by atoms with Crippen LogP contribution in [0.15, 0.2) is 67.0 Å². The number of H-pyrrole nitrogens is 1. The molecule has 0 saturated carbocycles. The molecule has 160 valence electrons. The smallest absolute Gasteiger partial charge is 0.239 e. The Morgan fingerprint density at radius 2 is 1.88 bits per heavy atom. The van der Waals surface area contributed by atoms with Gasteiger partial charge in [-0.15, -0.1) is 0 Å². The van der Waals surface area contributed by atoms with Crippen LogP contribution in [0.5, 0.6) is 0 Å². The van der Waals surface area contributed by atoms with Crippen molar-refractivity contribution < 1.29 is 4.79 Å². The van der Waals surface area contributed by atoms with Crippen molar-refractivity contribution in [3.8, 4) is 11.8 Å². The standard InChI is InChI=1S/C25H24N6O/c26-14-19-15-28-31(20-6-2-1-3-7-20)25(19)29-24(32)17-30-12-10-18(11-13-30)22-16-27-23-9-5-4-8-21(22)23/h1-9,15-16,18,27H,10-13,17H2,(H,29,32). The maximum atomic E-state index is 12.8. The van der Waals surface area contributed by atoms with E-state index in [0.29, 0.717) is 23.8 Å². The number of benzene rings is 2. The van der Waals surface area contributed by atoms with E-state index < -0.39 is 0 Å². The Kier molecular flexibility index (Phi) is 5.44. The van der Waals surface area contributed by atoms with Crippen LogP contribution in [0.4, 0.5) is 5.82 Å². The Hall–Kier alpha value is -3.89. The minimum absolute atomic E-state index is 0.135. The van der Waals surface area contributed by atoms with Gasteiger partial charge < -0.3 is 10.3 Å². The number of anilines is 1. The minimum Gasteiger partial charge on any atom is -0.361 e. The van der Waals surface area contributed by atoms with Crippen LogP contribution in [-0.4, -0.2) is 45.2 Å². The largest absolute Gasteiger partial charge is 0.361 e. The van der Waals surface area contributed by atoms with Gasteiger partial charge in [0.15, 0.2) is 5.82 Å². The first-order valence-corrected chi connectivity index (χ1v) is 10.8. The van der Waals surface area contributed by atoms with Gasteiger partial charge in [0.1, 0.15) is 11.6 Å². The lowest BCUT2D eigenvalue weighted by Crippen LogP contribution is -2.39. The molecule has 1 fully saturated rings. The van der Waals surface area contributed by atoms with Crippen molar-refractivity contribution in [2.45, 2.75) is 18.8 Å². The summed E-state index contributed by atoms with van der Waals surface area (Å²) >= 11 is 0. The van der Waals surface area contributed by atoms with E-state index in [1.54, 1.807) is 4.68 Å². The van der Waals surface area contributed by atoms with E-state index in [-0.39, 0.29) is 5.91 Å². The quantitative estimate of drug-likeness (QED) is 0.506. The summed E-state index contributed by atoms with van der Waals surface area (Å²) in [6.07, 6.45) is 5.64. The monoisotopic (exact) mass is 424 g/mol. The maximum Gasteiger partial charge on any atom is 0.239 e. The van der Waals surface area contributed by atoms with Crippen LogP contribution in [0.1, 0.15) is 29.9 Å². The van der Waals surface area contributed by atoms with Crippen molar-refractivity contribution in [3.63, 3.8) is 0 Å². The summed E-state index contributed by atoms with van der Waals surface area (Å²) in [6, 6.07) is 20.0. The molecule has 1 amide bonds. The molecule has 0 spiro atoms. The summed E-state index contributed by atoms with van der Waals surface area (Å²) in [4.78, 5) is 18.4. The molecule has 5 rings (SSSR count). The van der Waals surface area contributed by atoms with Crippen molar-refractivity contribution in [2.75, 3.05) is 25.0 Å². The van der Waals surface area contributed by atoms with Gasteiger partial charge in [0.25, 0.3) is 0 Å². The van der Waals surface area contributed by atoms with Crippen molar-refractivity contribution in [1.82, 2.24) is 19.7 Å². The SMILES string of the molecule is N#Cc1cnn(-c2ccccc2)c1NC(=O)CN1CCC(c2c[nH]c3ccccc23)CC1. The molecule has 0 aliphatic carbocycles. The van der Waals surface area contributed by atoms with Crippen LogP contribution in [0.3, 0.4) is 0 Å². The highest BCUT2D eigenvalue weighted by molar-refractivity contribution is 5.93. The van der Waals surface area contributed by atoms with Crippen molar-refractivity contribution >= 4 is 22.6 Å².